The normalized spacial score (nSPS) is 19.2. The molecule has 1 aromatic carbocycles. The Labute approximate surface area is 191 Å². The van der Waals surface area contributed by atoms with E-state index in [1.165, 1.54) is 0 Å². The van der Waals surface area contributed by atoms with Crippen LogP contribution >= 0.6 is 35.6 Å². The number of hydrogen-bond acceptors (Lipinski definition) is 4. The van der Waals surface area contributed by atoms with E-state index >= 15 is 0 Å². The smallest absolute Gasteiger partial charge is 0.191 e. The van der Waals surface area contributed by atoms with Gasteiger partial charge in [-0.1, -0.05) is 37.6 Å². The van der Waals surface area contributed by atoms with Gasteiger partial charge in [0.25, 0.3) is 0 Å². The summed E-state index contributed by atoms with van der Waals surface area (Å²) in [6.07, 6.45) is 0.0666. The number of hydrogen-bond donors (Lipinski definition) is 2. The van der Waals surface area contributed by atoms with Crippen LogP contribution in [0.4, 0.5) is 0 Å². The van der Waals surface area contributed by atoms with Crippen molar-refractivity contribution in [3.05, 3.63) is 34.9 Å². The molecule has 2 unspecified atom stereocenters. The number of guanidine groups is 1. The third-order valence-electron chi connectivity index (χ3n) is 4.53. The lowest BCUT2D eigenvalue weighted by molar-refractivity contribution is -0.0284. The second kappa shape index (κ2) is 13.6. The van der Waals surface area contributed by atoms with Gasteiger partial charge in [0.1, 0.15) is 0 Å². The summed E-state index contributed by atoms with van der Waals surface area (Å²) in [4.78, 5) is 6.77. The van der Waals surface area contributed by atoms with Gasteiger partial charge in [-0.25, -0.2) is 0 Å². The lowest BCUT2D eigenvalue weighted by Crippen LogP contribution is -2.50. The molecule has 1 aliphatic heterocycles. The Morgan fingerprint density at radius 3 is 2.82 bits per heavy atom. The fourth-order valence-electron chi connectivity index (χ4n) is 3.25. The molecule has 0 amide bonds. The Bertz CT molecular complexity index is 603. The van der Waals surface area contributed by atoms with Gasteiger partial charge in [-0.2, -0.15) is 0 Å². The first kappa shape index (κ1) is 25.4. The largest absolute Gasteiger partial charge is 0.375 e. The molecule has 28 heavy (non-hydrogen) atoms. The fourth-order valence-corrected chi connectivity index (χ4v) is 3.45. The summed E-state index contributed by atoms with van der Waals surface area (Å²) < 4.78 is 11.5. The Morgan fingerprint density at radius 2 is 2.18 bits per heavy atom. The average molecular weight is 525 g/mol. The lowest BCUT2D eigenvalue weighted by Gasteiger charge is -2.34. The van der Waals surface area contributed by atoms with Crippen LogP contribution in [0.25, 0.3) is 0 Å². The molecule has 6 nitrogen and oxygen atoms in total. The minimum absolute atomic E-state index is 0. The number of nitrogens with zero attached hydrogens (tertiary/aromatic N) is 2. The van der Waals surface area contributed by atoms with E-state index < -0.39 is 0 Å². The number of halogens is 2. The van der Waals surface area contributed by atoms with E-state index in [9.17, 15) is 0 Å². The Kier molecular flexibility index (Phi) is 12.3. The third-order valence-corrected chi connectivity index (χ3v) is 4.76. The van der Waals surface area contributed by atoms with Crippen LogP contribution in [0.15, 0.2) is 29.3 Å². The third kappa shape index (κ3) is 8.82. The van der Waals surface area contributed by atoms with E-state index in [1.54, 1.807) is 14.2 Å². The van der Waals surface area contributed by atoms with Gasteiger partial charge in [-0.3, -0.25) is 9.89 Å². The molecule has 0 spiro atoms. The van der Waals surface area contributed by atoms with Gasteiger partial charge in [0.05, 0.1) is 18.8 Å². The molecule has 2 rings (SSSR count). The molecule has 0 aromatic heterocycles. The monoisotopic (exact) mass is 524 g/mol. The highest BCUT2D eigenvalue weighted by atomic mass is 127. The van der Waals surface area contributed by atoms with Crippen LogP contribution in [0.1, 0.15) is 25.5 Å². The number of aliphatic imine (C=N–C) groups is 1. The molecular weight excluding hydrogens is 491 g/mol. The highest BCUT2D eigenvalue weighted by Gasteiger charge is 2.21. The quantitative estimate of drug-likeness (QED) is 0.311. The van der Waals surface area contributed by atoms with Crippen molar-refractivity contribution in [2.45, 2.75) is 26.1 Å². The standard InChI is InChI=1S/C20H33ClN4O2.HI/c1-15(2)13-25-8-9-27-18(14-25)11-23-20(22-3)24-12-19(26-4)16-6-5-7-17(21)10-16;/h5-7,10,15,18-19H,8-9,11-14H2,1-4H3,(H2,22,23,24);1H. The molecule has 1 aliphatic rings. The first-order valence-electron chi connectivity index (χ1n) is 9.58. The van der Waals surface area contributed by atoms with Crippen LogP contribution in [0.3, 0.4) is 0 Å². The first-order valence-corrected chi connectivity index (χ1v) is 9.96. The van der Waals surface area contributed by atoms with Crippen LogP contribution in [0.2, 0.25) is 5.02 Å². The molecule has 1 aromatic rings. The number of methoxy groups -OCH3 is 1. The molecule has 1 heterocycles. The van der Waals surface area contributed by atoms with E-state index in [2.05, 4.69) is 34.4 Å². The summed E-state index contributed by atoms with van der Waals surface area (Å²) in [6, 6.07) is 7.72. The van der Waals surface area contributed by atoms with Crippen LogP contribution in [0, 0.1) is 5.92 Å². The minimum atomic E-state index is -0.102. The number of nitrogens with one attached hydrogen (secondary N) is 2. The van der Waals surface area contributed by atoms with E-state index in [0.717, 1.165) is 44.3 Å². The van der Waals surface area contributed by atoms with Crippen molar-refractivity contribution in [1.82, 2.24) is 15.5 Å². The molecule has 0 bridgehead atoms. The van der Waals surface area contributed by atoms with Crippen LogP contribution < -0.4 is 10.6 Å². The highest BCUT2D eigenvalue weighted by Crippen LogP contribution is 2.19. The van der Waals surface area contributed by atoms with Crippen molar-refractivity contribution >= 4 is 41.5 Å². The zero-order chi connectivity index (χ0) is 19.6. The molecule has 1 fully saturated rings. The van der Waals surface area contributed by atoms with E-state index in [1.807, 2.05) is 24.3 Å². The topological polar surface area (TPSA) is 58.1 Å². The summed E-state index contributed by atoms with van der Waals surface area (Å²) in [6.45, 7) is 9.68. The molecule has 2 atom stereocenters. The maximum absolute atomic E-state index is 6.08. The molecule has 8 heteroatoms. The number of rotatable bonds is 8. The van der Waals surface area contributed by atoms with Gasteiger partial charge in [0.2, 0.25) is 0 Å². The predicted molar refractivity (Wildman–Crippen MR) is 127 cm³/mol. The summed E-state index contributed by atoms with van der Waals surface area (Å²) in [7, 11) is 3.46. The van der Waals surface area contributed by atoms with E-state index in [0.29, 0.717) is 17.5 Å². The van der Waals surface area contributed by atoms with Crippen molar-refractivity contribution in [2.24, 2.45) is 10.9 Å². The van der Waals surface area contributed by atoms with Gasteiger partial charge in [0, 0.05) is 51.9 Å². The molecule has 1 saturated heterocycles. The molecule has 160 valence electrons. The second-order valence-corrected chi connectivity index (χ2v) is 7.70. The van der Waals surface area contributed by atoms with E-state index in [4.69, 9.17) is 21.1 Å². The average Bonchev–Trinajstić information content (AvgIpc) is 2.64. The van der Waals surface area contributed by atoms with Crippen molar-refractivity contribution in [1.29, 1.82) is 0 Å². The summed E-state index contributed by atoms with van der Waals surface area (Å²) in [5.74, 6) is 1.41. The fraction of sp³-hybridized carbons (Fsp3) is 0.650. The van der Waals surface area contributed by atoms with Gasteiger partial charge in [0.15, 0.2) is 5.96 Å². The zero-order valence-electron chi connectivity index (χ0n) is 17.3. The molecule has 0 aliphatic carbocycles. The predicted octanol–water partition coefficient (Wildman–Crippen LogP) is 3.17. The van der Waals surface area contributed by atoms with Crippen LogP contribution in [-0.4, -0.2) is 70.5 Å². The Hall–Kier alpha value is -0.610. The van der Waals surface area contributed by atoms with Gasteiger partial charge < -0.3 is 20.1 Å². The van der Waals surface area contributed by atoms with Gasteiger partial charge in [-0.15, -0.1) is 24.0 Å². The first-order chi connectivity index (χ1) is 13.0. The number of benzene rings is 1. The van der Waals surface area contributed by atoms with Crippen molar-refractivity contribution in [3.63, 3.8) is 0 Å². The molecule has 2 N–H and O–H groups in total. The molecule has 0 radical (unpaired) electrons. The Morgan fingerprint density at radius 1 is 1.39 bits per heavy atom. The summed E-state index contributed by atoms with van der Waals surface area (Å²) in [5.41, 5.74) is 1.04. The van der Waals surface area contributed by atoms with Crippen LogP contribution in [0.5, 0.6) is 0 Å². The molecular formula is C20H34ClIN4O2. The SMILES string of the molecule is CN=C(NCC1CN(CC(C)C)CCO1)NCC(OC)c1cccc(Cl)c1.I. The zero-order valence-corrected chi connectivity index (χ0v) is 20.4. The minimum Gasteiger partial charge on any atom is -0.375 e. The van der Waals surface area contributed by atoms with Crippen molar-refractivity contribution < 1.29 is 9.47 Å². The van der Waals surface area contributed by atoms with Gasteiger partial charge in [-0.05, 0) is 23.6 Å². The summed E-state index contributed by atoms with van der Waals surface area (Å²) in [5, 5.41) is 7.39. The second-order valence-electron chi connectivity index (χ2n) is 7.26. The van der Waals surface area contributed by atoms with Crippen molar-refractivity contribution in [2.75, 3.05) is 53.5 Å². The number of morpholine rings is 1. The number of ether oxygens (including phenoxy) is 2. The Balaban J connectivity index is 0.00000392. The van der Waals surface area contributed by atoms with E-state index in [-0.39, 0.29) is 36.2 Å². The lowest BCUT2D eigenvalue weighted by atomic mass is 10.1. The summed E-state index contributed by atoms with van der Waals surface area (Å²) >= 11 is 6.08. The maximum atomic E-state index is 6.08. The highest BCUT2D eigenvalue weighted by molar-refractivity contribution is 14.0. The molecule has 0 saturated carbocycles. The van der Waals surface area contributed by atoms with Crippen LogP contribution in [-0.2, 0) is 9.47 Å². The van der Waals surface area contributed by atoms with Crippen molar-refractivity contribution in [3.8, 4) is 0 Å². The maximum Gasteiger partial charge on any atom is 0.191 e. The van der Waals surface area contributed by atoms with Gasteiger partial charge >= 0.3 is 0 Å².